The SMILES string of the molecule is CC1CCCCC1N1CCOCC1CC(=O)O. The summed E-state index contributed by atoms with van der Waals surface area (Å²) in [4.78, 5) is 13.3. The third-order valence-corrected chi connectivity index (χ3v) is 4.18. The summed E-state index contributed by atoms with van der Waals surface area (Å²) in [5.41, 5.74) is 0. The number of carboxylic acid groups (broad SMARTS) is 1. The molecule has 0 amide bonds. The summed E-state index contributed by atoms with van der Waals surface area (Å²) in [6, 6.07) is 0.642. The monoisotopic (exact) mass is 241 g/mol. The van der Waals surface area contributed by atoms with Crippen LogP contribution in [0.4, 0.5) is 0 Å². The second kappa shape index (κ2) is 5.83. The van der Waals surface area contributed by atoms with Crippen LogP contribution in [0.1, 0.15) is 39.0 Å². The summed E-state index contributed by atoms with van der Waals surface area (Å²) in [6.07, 6.45) is 5.32. The van der Waals surface area contributed by atoms with E-state index in [2.05, 4.69) is 11.8 Å². The number of ether oxygens (including phenoxy) is 1. The van der Waals surface area contributed by atoms with E-state index in [1.54, 1.807) is 0 Å². The van der Waals surface area contributed by atoms with Gasteiger partial charge in [-0.05, 0) is 18.8 Å². The highest BCUT2D eigenvalue weighted by atomic mass is 16.5. The number of nitrogens with zero attached hydrogens (tertiary/aromatic N) is 1. The third-order valence-electron chi connectivity index (χ3n) is 4.18. The molecule has 0 aromatic rings. The van der Waals surface area contributed by atoms with E-state index in [1.165, 1.54) is 25.7 Å². The van der Waals surface area contributed by atoms with Crippen LogP contribution in [-0.2, 0) is 9.53 Å². The van der Waals surface area contributed by atoms with E-state index < -0.39 is 5.97 Å². The summed E-state index contributed by atoms with van der Waals surface area (Å²) in [5, 5.41) is 8.97. The molecule has 1 heterocycles. The quantitative estimate of drug-likeness (QED) is 0.817. The summed E-state index contributed by atoms with van der Waals surface area (Å²) in [5.74, 6) is -0.0212. The highest BCUT2D eigenvalue weighted by Crippen LogP contribution is 2.30. The molecule has 0 spiro atoms. The number of hydrogen-bond donors (Lipinski definition) is 1. The molecule has 2 aliphatic rings. The third kappa shape index (κ3) is 3.19. The van der Waals surface area contributed by atoms with Crippen molar-refractivity contribution in [2.75, 3.05) is 19.8 Å². The number of rotatable bonds is 3. The zero-order valence-corrected chi connectivity index (χ0v) is 10.6. The Hall–Kier alpha value is -0.610. The van der Waals surface area contributed by atoms with E-state index >= 15 is 0 Å². The van der Waals surface area contributed by atoms with Crippen molar-refractivity contribution >= 4 is 5.97 Å². The van der Waals surface area contributed by atoms with Gasteiger partial charge in [-0.1, -0.05) is 19.8 Å². The average Bonchev–Trinajstić information content (AvgIpc) is 2.30. The van der Waals surface area contributed by atoms with Crippen LogP contribution >= 0.6 is 0 Å². The van der Waals surface area contributed by atoms with Crippen molar-refractivity contribution in [2.45, 2.75) is 51.1 Å². The van der Waals surface area contributed by atoms with Crippen LogP contribution in [0.15, 0.2) is 0 Å². The van der Waals surface area contributed by atoms with Crippen molar-refractivity contribution in [2.24, 2.45) is 5.92 Å². The maximum absolute atomic E-state index is 10.9. The van der Waals surface area contributed by atoms with Gasteiger partial charge in [-0.3, -0.25) is 9.69 Å². The van der Waals surface area contributed by atoms with Gasteiger partial charge in [0.1, 0.15) is 0 Å². The smallest absolute Gasteiger partial charge is 0.305 e. The summed E-state index contributed by atoms with van der Waals surface area (Å²) in [6.45, 7) is 4.53. The van der Waals surface area contributed by atoms with Crippen LogP contribution in [0, 0.1) is 5.92 Å². The highest BCUT2D eigenvalue weighted by Gasteiger charge is 2.34. The number of morpholine rings is 1. The Morgan fingerprint density at radius 3 is 2.88 bits per heavy atom. The zero-order valence-electron chi connectivity index (χ0n) is 10.6. The van der Waals surface area contributed by atoms with E-state index in [0.29, 0.717) is 18.6 Å². The van der Waals surface area contributed by atoms with Crippen LogP contribution in [0.2, 0.25) is 0 Å². The molecule has 1 aliphatic heterocycles. The number of aliphatic carboxylic acids is 1. The molecule has 98 valence electrons. The first-order valence-corrected chi connectivity index (χ1v) is 6.73. The van der Waals surface area contributed by atoms with Gasteiger partial charge in [0, 0.05) is 18.6 Å². The zero-order chi connectivity index (χ0) is 12.3. The molecule has 1 aliphatic carbocycles. The molecule has 0 radical (unpaired) electrons. The molecular formula is C13H23NO3. The van der Waals surface area contributed by atoms with Crippen LogP contribution in [0.25, 0.3) is 0 Å². The van der Waals surface area contributed by atoms with Gasteiger partial charge in [0.05, 0.1) is 19.6 Å². The van der Waals surface area contributed by atoms with Crippen molar-refractivity contribution in [1.82, 2.24) is 4.90 Å². The molecule has 0 bridgehead atoms. The van der Waals surface area contributed by atoms with Crippen molar-refractivity contribution < 1.29 is 14.6 Å². The Balaban J connectivity index is 2.01. The molecule has 2 fully saturated rings. The van der Waals surface area contributed by atoms with E-state index in [4.69, 9.17) is 9.84 Å². The minimum Gasteiger partial charge on any atom is -0.481 e. The lowest BCUT2D eigenvalue weighted by molar-refractivity contribution is -0.141. The molecule has 1 N–H and O–H groups in total. The fraction of sp³-hybridized carbons (Fsp3) is 0.923. The lowest BCUT2D eigenvalue weighted by Crippen LogP contribution is -2.54. The Morgan fingerprint density at radius 2 is 2.18 bits per heavy atom. The fourth-order valence-electron chi connectivity index (χ4n) is 3.27. The van der Waals surface area contributed by atoms with Crippen LogP contribution in [-0.4, -0.2) is 47.8 Å². The van der Waals surface area contributed by atoms with Crippen molar-refractivity contribution in [3.63, 3.8) is 0 Å². The topological polar surface area (TPSA) is 49.8 Å². The number of hydrogen-bond acceptors (Lipinski definition) is 3. The van der Waals surface area contributed by atoms with Gasteiger partial charge in [-0.15, -0.1) is 0 Å². The first kappa shape index (κ1) is 12.8. The van der Waals surface area contributed by atoms with Crippen molar-refractivity contribution in [3.05, 3.63) is 0 Å². The van der Waals surface area contributed by atoms with Crippen molar-refractivity contribution in [3.8, 4) is 0 Å². The highest BCUT2D eigenvalue weighted by molar-refractivity contribution is 5.67. The standard InChI is InChI=1S/C13H23NO3/c1-10-4-2-3-5-12(10)14-6-7-17-9-11(14)8-13(15)16/h10-12H,2-9H2,1H3,(H,15,16). The average molecular weight is 241 g/mol. The van der Waals surface area contributed by atoms with E-state index in [-0.39, 0.29) is 12.5 Å². The van der Waals surface area contributed by atoms with E-state index in [1.807, 2.05) is 0 Å². The minimum absolute atomic E-state index is 0.0757. The predicted octanol–water partition coefficient (Wildman–Crippen LogP) is 1.74. The first-order chi connectivity index (χ1) is 8.18. The molecule has 0 aromatic heterocycles. The first-order valence-electron chi connectivity index (χ1n) is 6.73. The Morgan fingerprint density at radius 1 is 1.41 bits per heavy atom. The second-order valence-corrected chi connectivity index (χ2v) is 5.39. The minimum atomic E-state index is -0.714. The summed E-state index contributed by atoms with van der Waals surface area (Å²) in [7, 11) is 0. The molecule has 1 saturated carbocycles. The molecule has 0 aromatic carbocycles. The van der Waals surface area contributed by atoms with Gasteiger partial charge < -0.3 is 9.84 Å². The predicted molar refractivity (Wildman–Crippen MR) is 65.0 cm³/mol. The summed E-state index contributed by atoms with van der Waals surface area (Å²) < 4.78 is 5.43. The van der Waals surface area contributed by atoms with E-state index in [9.17, 15) is 4.79 Å². The maximum Gasteiger partial charge on any atom is 0.305 e. The van der Waals surface area contributed by atoms with Gasteiger partial charge >= 0.3 is 5.97 Å². The lowest BCUT2D eigenvalue weighted by atomic mass is 9.84. The molecule has 17 heavy (non-hydrogen) atoms. The Kier molecular flexibility index (Phi) is 4.40. The van der Waals surface area contributed by atoms with Gasteiger partial charge in [-0.25, -0.2) is 0 Å². The van der Waals surface area contributed by atoms with Gasteiger partial charge in [0.15, 0.2) is 0 Å². The fourth-order valence-corrected chi connectivity index (χ4v) is 3.27. The van der Waals surface area contributed by atoms with Crippen molar-refractivity contribution in [1.29, 1.82) is 0 Å². The van der Waals surface area contributed by atoms with Crippen LogP contribution in [0.5, 0.6) is 0 Å². The Bertz CT molecular complexity index is 269. The number of carbonyl (C=O) groups is 1. The van der Waals surface area contributed by atoms with Crippen LogP contribution in [0.3, 0.4) is 0 Å². The number of carboxylic acids is 1. The summed E-state index contributed by atoms with van der Waals surface area (Å²) >= 11 is 0. The van der Waals surface area contributed by atoms with Gasteiger partial charge in [0.2, 0.25) is 0 Å². The molecule has 4 nitrogen and oxygen atoms in total. The normalized spacial score (nSPS) is 35.7. The molecule has 4 heteroatoms. The van der Waals surface area contributed by atoms with Crippen LogP contribution < -0.4 is 0 Å². The molecule has 2 rings (SSSR count). The molecule has 3 atom stereocenters. The molecule has 3 unspecified atom stereocenters. The van der Waals surface area contributed by atoms with Gasteiger partial charge in [0.25, 0.3) is 0 Å². The van der Waals surface area contributed by atoms with Gasteiger partial charge in [-0.2, -0.15) is 0 Å². The Labute approximate surface area is 103 Å². The second-order valence-electron chi connectivity index (χ2n) is 5.39. The lowest BCUT2D eigenvalue weighted by Gasteiger charge is -2.44. The maximum atomic E-state index is 10.9. The van der Waals surface area contributed by atoms with E-state index in [0.717, 1.165) is 13.2 Å². The molecular weight excluding hydrogens is 218 g/mol. The molecule has 1 saturated heterocycles. The largest absolute Gasteiger partial charge is 0.481 e.